The number of rotatable bonds is 9. The topological polar surface area (TPSA) is 349 Å². The number of aromatic nitrogens is 1. The third kappa shape index (κ3) is 17.3. The molecule has 3 aliphatic rings. The minimum absolute atomic E-state index is 0.0124. The van der Waals surface area contributed by atoms with Gasteiger partial charge in [0.1, 0.15) is 48.3 Å². The standard InChI is InChI=1S/C56H69N13O10/c1-31-48(71)59-29-37-18-22-40(23-19-37)68-69-41-24-20-38(21-25-41)52(75)62-32(2)49(72)61-34(4)51(74)65-45(27-36-13-7-6-8-14-36)54(77)66-46(28-39-30-58-43-16-10-9-15-42(39)43)55(78)64-44(17-11-12-26-57)53(76)67-47(35(5)70)56(79)63-33(3)50(73)60-31/h6-10,13-16,18-25,30-35,44-47,58,70H,11-12,17,26-29,57H2,1-5H3,(H,59,71)(H,60,73)(H,61,72)(H,62,75)(H,63,79)(H,64,78)(H,65,74)(H,66,77)(H,67,76)/t31-,32-,33-,34-,35+,44-,45-,46+,47-/m0/s1. The van der Waals surface area contributed by atoms with Crippen LogP contribution >= 0.6 is 0 Å². The van der Waals surface area contributed by atoms with Crippen LogP contribution in [0.5, 0.6) is 0 Å². The third-order valence-electron chi connectivity index (χ3n) is 13.1. The molecule has 79 heavy (non-hydrogen) atoms. The van der Waals surface area contributed by atoms with Crippen LogP contribution < -0.4 is 53.6 Å². The second-order valence-corrected chi connectivity index (χ2v) is 19.5. The highest BCUT2D eigenvalue weighted by atomic mass is 16.3. The van der Waals surface area contributed by atoms with Gasteiger partial charge in [-0.25, -0.2) is 0 Å². The number of carbonyl (C=O) groups is 9. The average Bonchev–Trinajstić information content (AvgIpc) is 3.85. The van der Waals surface area contributed by atoms with Gasteiger partial charge in [-0.2, -0.15) is 10.2 Å². The number of amides is 9. The second kappa shape index (κ2) is 28.5. The number of nitrogens with two attached hydrogens (primary N) is 1. The number of azo groups is 1. The van der Waals surface area contributed by atoms with E-state index in [1.807, 2.05) is 18.2 Å². The lowest BCUT2D eigenvalue weighted by atomic mass is 10.0. The molecule has 23 nitrogen and oxygen atoms in total. The maximum atomic E-state index is 14.7. The molecule has 0 saturated heterocycles. The van der Waals surface area contributed by atoms with E-state index >= 15 is 0 Å². The summed E-state index contributed by atoms with van der Waals surface area (Å²) >= 11 is 0. The first kappa shape index (κ1) is 59.4. The molecular formula is C56H69N13O10. The zero-order valence-corrected chi connectivity index (χ0v) is 44.6. The molecule has 1 aromatic heterocycles. The highest BCUT2D eigenvalue weighted by Crippen LogP contribution is 2.21. The molecule has 5 aromatic rings. The molecule has 0 radical (unpaired) electrons. The summed E-state index contributed by atoms with van der Waals surface area (Å²) in [5.74, 6) is -6.73. The van der Waals surface area contributed by atoms with Crippen LogP contribution in [-0.2, 0) is 57.7 Å². The number of aromatic amines is 1. The molecule has 3 aliphatic heterocycles. The summed E-state index contributed by atoms with van der Waals surface area (Å²) in [6, 6.07) is 18.7. The number of aliphatic hydroxyl groups is 1. The predicted molar refractivity (Wildman–Crippen MR) is 293 cm³/mol. The Morgan fingerprint density at radius 2 is 1.04 bits per heavy atom. The second-order valence-electron chi connectivity index (χ2n) is 19.5. The Labute approximate surface area is 456 Å². The largest absolute Gasteiger partial charge is 0.391 e. The molecule has 0 saturated carbocycles. The summed E-state index contributed by atoms with van der Waals surface area (Å²) in [7, 11) is 0. The molecule has 4 bridgehead atoms. The van der Waals surface area contributed by atoms with Gasteiger partial charge >= 0.3 is 0 Å². The van der Waals surface area contributed by atoms with Gasteiger partial charge in [0.25, 0.3) is 5.91 Å². The van der Waals surface area contributed by atoms with Crippen LogP contribution in [0.25, 0.3) is 10.9 Å². The Morgan fingerprint density at radius 3 is 1.66 bits per heavy atom. The van der Waals surface area contributed by atoms with Crippen molar-refractivity contribution < 1.29 is 48.3 Å². The summed E-state index contributed by atoms with van der Waals surface area (Å²) in [6.07, 6.45) is 0.806. The minimum atomic E-state index is -1.63. The van der Waals surface area contributed by atoms with E-state index in [0.717, 1.165) is 10.9 Å². The highest BCUT2D eigenvalue weighted by Gasteiger charge is 2.35. The van der Waals surface area contributed by atoms with Crippen LogP contribution in [0.15, 0.2) is 120 Å². The molecule has 0 spiro atoms. The number of nitrogens with zero attached hydrogens (tertiary/aromatic N) is 2. The zero-order valence-electron chi connectivity index (χ0n) is 44.6. The van der Waals surface area contributed by atoms with Gasteiger partial charge in [-0.1, -0.05) is 60.7 Å². The number of unbranched alkanes of at least 4 members (excludes halogenated alkanes) is 1. The highest BCUT2D eigenvalue weighted by molar-refractivity contribution is 6.00. The van der Waals surface area contributed by atoms with Crippen molar-refractivity contribution in [1.29, 1.82) is 0 Å². The smallest absolute Gasteiger partial charge is 0.251 e. The summed E-state index contributed by atoms with van der Waals surface area (Å²) < 4.78 is 0. The summed E-state index contributed by atoms with van der Waals surface area (Å²) in [5.41, 5.74) is 9.65. The van der Waals surface area contributed by atoms with Crippen LogP contribution in [0.1, 0.15) is 80.9 Å². The molecule has 9 atom stereocenters. The monoisotopic (exact) mass is 1080 g/mol. The molecule has 418 valence electrons. The van der Waals surface area contributed by atoms with E-state index in [1.165, 1.54) is 46.8 Å². The summed E-state index contributed by atoms with van der Waals surface area (Å²) in [4.78, 5) is 127. The van der Waals surface area contributed by atoms with Gasteiger partial charge in [-0.05, 0) is 120 Å². The van der Waals surface area contributed by atoms with E-state index in [4.69, 9.17) is 5.73 Å². The molecule has 0 fully saturated rings. The number of aliphatic hydroxyl groups excluding tert-OH is 1. The zero-order chi connectivity index (χ0) is 57.2. The molecule has 4 aromatic carbocycles. The van der Waals surface area contributed by atoms with Crippen LogP contribution in [0, 0.1) is 0 Å². The van der Waals surface area contributed by atoms with Gasteiger partial charge in [0.2, 0.25) is 47.3 Å². The lowest BCUT2D eigenvalue weighted by molar-refractivity contribution is -0.136. The van der Waals surface area contributed by atoms with Gasteiger partial charge in [-0.15, -0.1) is 0 Å². The Kier molecular flexibility index (Phi) is 21.4. The number of benzene rings is 4. The van der Waals surface area contributed by atoms with Crippen molar-refractivity contribution in [3.8, 4) is 0 Å². The van der Waals surface area contributed by atoms with Crippen LogP contribution in [0.2, 0.25) is 0 Å². The average molecular weight is 1080 g/mol. The maximum absolute atomic E-state index is 14.7. The van der Waals surface area contributed by atoms with Crippen molar-refractivity contribution in [2.24, 2.45) is 16.0 Å². The van der Waals surface area contributed by atoms with E-state index < -0.39 is 108 Å². The fraction of sp³-hybridized carbons (Fsp3) is 0.375. The van der Waals surface area contributed by atoms with E-state index in [1.54, 1.807) is 79.0 Å². The van der Waals surface area contributed by atoms with Gasteiger partial charge in [0, 0.05) is 42.0 Å². The molecule has 4 heterocycles. The van der Waals surface area contributed by atoms with Crippen LogP contribution in [-0.4, -0.2) is 124 Å². The SMILES string of the molecule is C[C@@H]1NC(=O)c2ccc(cc2)N=Nc2ccc(cc2)CNC(=O)[C@H](C)NC(=O)[C@H](C)NC(=O)[C@H]([C@@H](C)O)NC(=O)[C@H](CCCCN)NC(=O)[C@@H](Cc2c[nH]c3ccccc23)NC(=O)[C@H](Cc2ccccc2)NC(=O)[C@H](C)NC1=O. The number of H-pyrrole nitrogens is 1. The first-order valence-corrected chi connectivity index (χ1v) is 26.1. The van der Waals surface area contributed by atoms with Crippen molar-refractivity contribution in [2.75, 3.05) is 6.54 Å². The number of nitrogens with one attached hydrogen (secondary N) is 10. The third-order valence-corrected chi connectivity index (χ3v) is 13.1. The number of carbonyl (C=O) groups excluding carboxylic acids is 9. The predicted octanol–water partition coefficient (Wildman–Crippen LogP) is 1.78. The Hall–Kier alpha value is -8.83. The molecule has 0 aliphatic carbocycles. The van der Waals surface area contributed by atoms with Gasteiger partial charge < -0.3 is 63.7 Å². The molecule has 23 heteroatoms. The number of hydrogen-bond acceptors (Lipinski definition) is 13. The van der Waals surface area contributed by atoms with Crippen molar-refractivity contribution in [3.05, 3.63) is 132 Å². The Bertz CT molecular complexity index is 2990. The number of fused-ring (bicyclic) bond motifs is 3. The van der Waals surface area contributed by atoms with Crippen LogP contribution in [0.4, 0.5) is 11.4 Å². The normalized spacial score (nSPS) is 23.4. The molecule has 0 unspecified atom stereocenters. The van der Waals surface area contributed by atoms with Gasteiger partial charge in [-0.3, -0.25) is 43.2 Å². The lowest BCUT2D eigenvalue weighted by Crippen LogP contribution is -2.61. The fourth-order valence-corrected chi connectivity index (χ4v) is 8.39. The maximum Gasteiger partial charge on any atom is 0.251 e. The van der Waals surface area contributed by atoms with E-state index in [9.17, 15) is 48.3 Å². The van der Waals surface area contributed by atoms with E-state index in [-0.39, 0.29) is 37.9 Å². The van der Waals surface area contributed by atoms with Crippen molar-refractivity contribution in [3.63, 3.8) is 0 Å². The quantitative estimate of drug-likeness (QED) is 0.0944. The number of hydrogen-bond donors (Lipinski definition) is 12. The van der Waals surface area contributed by atoms with E-state index in [2.05, 4.69) is 63.1 Å². The fourth-order valence-electron chi connectivity index (χ4n) is 8.39. The van der Waals surface area contributed by atoms with Gasteiger partial charge in [0.05, 0.1) is 17.5 Å². The van der Waals surface area contributed by atoms with Crippen molar-refractivity contribution >= 4 is 75.4 Å². The van der Waals surface area contributed by atoms with Gasteiger partial charge in [0.15, 0.2) is 0 Å². The Balaban J connectivity index is 1.29. The summed E-state index contributed by atoms with van der Waals surface area (Å²) in [5, 5.41) is 43.8. The van der Waals surface area contributed by atoms with Crippen molar-refractivity contribution in [1.82, 2.24) is 52.8 Å². The summed E-state index contributed by atoms with van der Waals surface area (Å²) in [6.45, 7) is 7.27. The van der Waals surface area contributed by atoms with Crippen molar-refractivity contribution in [2.45, 2.75) is 128 Å². The molecular weight excluding hydrogens is 1010 g/mol. The lowest BCUT2D eigenvalue weighted by Gasteiger charge is -2.28. The number of para-hydroxylation sites is 1. The molecule has 8 rings (SSSR count). The molecule has 9 amide bonds. The van der Waals surface area contributed by atoms with E-state index in [0.29, 0.717) is 40.9 Å². The Morgan fingerprint density at radius 1 is 0.532 bits per heavy atom. The molecule has 13 N–H and O–H groups in total. The first-order chi connectivity index (χ1) is 37.8. The minimum Gasteiger partial charge on any atom is -0.391 e. The van der Waals surface area contributed by atoms with Crippen LogP contribution in [0.3, 0.4) is 0 Å². The first-order valence-electron chi connectivity index (χ1n) is 26.1.